The number of carbonyl (C=O) groups excluding carboxylic acids is 1. The van der Waals surface area contributed by atoms with Gasteiger partial charge in [-0.25, -0.2) is 9.78 Å². The van der Waals surface area contributed by atoms with Crippen molar-refractivity contribution >= 4 is 34.7 Å². The Bertz CT molecular complexity index is 1250. The lowest BCUT2D eigenvalue weighted by molar-refractivity contribution is 0.0185. The number of fused-ring (bicyclic) bond motifs is 1. The molecule has 0 aromatic carbocycles. The summed E-state index contributed by atoms with van der Waals surface area (Å²) < 4.78 is 5.48. The van der Waals surface area contributed by atoms with Crippen molar-refractivity contribution in [2.45, 2.75) is 53.1 Å². The lowest BCUT2D eigenvalue weighted by Gasteiger charge is -2.33. The van der Waals surface area contributed by atoms with E-state index in [1.165, 1.54) is 6.21 Å². The molecule has 0 radical (unpaired) electrons. The number of nitrogens with one attached hydrogen (secondary N) is 3. The molecule has 0 atom stereocenters. The average molecular weight is 535 g/mol. The fraction of sp³-hybridized carbons (Fsp3) is 0.448. The third kappa shape index (κ3) is 8.73. The molecule has 0 saturated carbocycles. The molecule has 1 aliphatic rings. The first-order chi connectivity index (χ1) is 18.5. The fourth-order valence-electron chi connectivity index (χ4n) is 4.19. The number of pyridine rings is 2. The second kappa shape index (κ2) is 13.1. The molecule has 10 nitrogen and oxygen atoms in total. The Hall–Kier alpha value is -4.08. The van der Waals surface area contributed by atoms with E-state index in [1.54, 1.807) is 23.4 Å². The first-order valence-electron chi connectivity index (χ1n) is 13.3. The molecule has 2 aromatic heterocycles. The van der Waals surface area contributed by atoms with Gasteiger partial charge in [0.15, 0.2) is 0 Å². The molecule has 0 unspecified atom stereocenters. The van der Waals surface area contributed by atoms with E-state index in [2.05, 4.69) is 20.6 Å². The van der Waals surface area contributed by atoms with Crippen LogP contribution >= 0.6 is 0 Å². The highest BCUT2D eigenvalue weighted by molar-refractivity contribution is 6.08. The van der Waals surface area contributed by atoms with Gasteiger partial charge in [-0.3, -0.25) is 4.98 Å². The van der Waals surface area contributed by atoms with Gasteiger partial charge in [0.2, 0.25) is 0 Å². The van der Waals surface area contributed by atoms with Crippen molar-refractivity contribution in [3.63, 3.8) is 0 Å². The number of carbonyl (C=O) groups is 1. The van der Waals surface area contributed by atoms with Crippen molar-refractivity contribution in [3.05, 3.63) is 59.8 Å². The molecule has 0 bridgehead atoms. The minimum atomic E-state index is -0.487. The van der Waals surface area contributed by atoms with Crippen LogP contribution in [0.3, 0.4) is 0 Å². The number of amides is 1. The highest BCUT2D eigenvalue weighted by Gasteiger charge is 2.26. The fourth-order valence-corrected chi connectivity index (χ4v) is 4.19. The molecule has 1 aliphatic heterocycles. The van der Waals surface area contributed by atoms with Crippen LogP contribution in [-0.4, -0.2) is 52.4 Å². The molecule has 210 valence electrons. The molecule has 0 spiro atoms. The van der Waals surface area contributed by atoms with Gasteiger partial charge in [0, 0.05) is 49.4 Å². The SMILES string of the molecule is CC(C)C(=C/N)/C=C(\N)Nc1ccc2ncc(/C(C=N)=C/NCC3CCN(C(=O)OC(C)(C)C)CC3)cc2n1. The average Bonchev–Trinajstić information content (AvgIpc) is 2.88. The monoisotopic (exact) mass is 534 g/mol. The molecular formula is C29H42N8O2. The summed E-state index contributed by atoms with van der Waals surface area (Å²) in [6, 6.07) is 5.60. The van der Waals surface area contributed by atoms with E-state index in [-0.39, 0.29) is 12.0 Å². The van der Waals surface area contributed by atoms with E-state index in [0.29, 0.717) is 41.7 Å². The van der Waals surface area contributed by atoms with Crippen molar-refractivity contribution in [1.82, 2.24) is 20.2 Å². The Morgan fingerprint density at radius 3 is 2.59 bits per heavy atom. The number of ether oxygens (including phenoxy) is 1. The third-order valence-electron chi connectivity index (χ3n) is 6.41. The number of hydrogen-bond acceptors (Lipinski definition) is 9. The summed E-state index contributed by atoms with van der Waals surface area (Å²) in [6.07, 6.45) is 9.78. The van der Waals surface area contributed by atoms with Crippen LogP contribution in [0, 0.1) is 17.2 Å². The zero-order valence-corrected chi connectivity index (χ0v) is 23.6. The van der Waals surface area contributed by atoms with Gasteiger partial charge in [-0.2, -0.15) is 0 Å². The van der Waals surface area contributed by atoms with E-state index in [9.17, 15) is 4.79 Å². The number of allylic oxidation sites excluding steroid dienone is 3. The smallest absolute Gasteiger partial charge is 0.410 e. The van der Waals surface area contributed by atoms with Gasteiger partial charge in [0.1, 0.15) is 17.2 Å². The predicted octanol–water partition coefficient (Wildman–Crippen LogP) is 4.57. The largest absolute Gasteiger partial charge is 0.444 e. The number of nitrogens with zero attached hydrogens (tertiary/aromatic N) is 3. The number of hydrogen-bond donors (Lipinski definition) is 5. The van der Waals surface area contributed by atoms with Crippen molar-refractivity contribution in [3.8, 4) is 0 Å². The maximum Gasteiger partial charge on any atom is 0.410 e. The number of aromatic nitrogens is 2. The summed E-state index contributed by atoms with van der Waals surface area (Å²) in [4.78, 5) is 23.2. The van der Waals surface area contributed by atoms with Crippen LogP contribution in [0.5, 0.6) is 0 Å². The van der Waals surface area contributed by atoms with Crippen molar-refractivity contribution in [2.75, 3.05) is 25.0 Å². The second-order valence-corrected chi connectivity index (χ2v) is 11.1. The Morgan fingerprint density at radius 2 is 1.97 bits per heavy atom. The van der Waals surface area contributed by atoms with Crippen LogP contribution in [0.4, 0.5) is 10.6 Å². The Labute approximate surface area is 231 Å². The Morgan fingerprint density at radius 1 is 1.26 bits per heavy atom. The zero-order valence-electron chi connectivity index (χ0n) is 23.6. The van der Waals surface area contributed by atoms with Gasteiger partial charge in [0.05, 0.1) is 11.0 Å². The minimum Gasteiger partial charge on any atom is -0.444 e. The summed E-state index contributed by atoms with van der Waals surface area (Å²) in [5.74, 6) is 1.71. The van der Waals surface area contributed by atoms with Crippen LogP contribution < -0.4 is 22.1 Å². The lowest BCUT2D eigenvalue weighted by Crippen LogP contribution is -2.43. The number of anilines is 1. The van der Waals surface area contributed by atoms with E-state index in [4.69, 9.17) is 21.6 Å². The van der Waals surface area contributed by atoms with Gasteiger partial charge in [-0.1, -0.05) is 13.8 Å². The maximum absolute atomic E-state index is 12.3. The summed E-state index contributed by atoms with van der Waals surface area (Å²) in [7, 11) is 0. The highest BCUT2D eigenvalue weighted by atomic mass is 16.6. The lowest BCUT2D eigenvalue weighted by atomic mass is 9.97. The van der Waals surface area contributed by atoms with Crippen LogP contribution in [0.2, 0.25) is 0 Å². The maximum atomic E-state index is 12.3. The highest BCUT2D eigenvalue weighted by Crippen LogP contribution is 2.21. The van der Waals surface area contributed by atoms with Crippen molar-refractivity contribution < 1.29 is 9.53 Å². The van der Waals surface area contributed by atoms with Gasteiger partial charge in [0.25, 0.3) is 0 Å². The number of rotatable bonds is 9. The molecule has 3 heterocycles. The predicted molar refractivity (Wildman–Crippen MR) is 158 cm³/mol. The molecule has 10 heteroatoms. The minimum absolute atomic E-state index is 0.247. The normalized spacial score (nSPS) is 15.9. The van der Waals surface area contributed by atoms with Crippen molar-refractivity contribution in [1.29, 1.82) is 5.41 Å². The van der Waals surface area contributed by atoms with E-state index in [0.717, 1.165) is 36.0 Å². The Balaban J connectivity index is 1.62. The molecule has 3 rings (SSSR count). The molecule has 39 heavy (non-hydrogen) atoms. The molecule has 0 aliphatic carbocycles. The molecule has 7 N–H and O–H groups in total. The standard InChI is InChI=1S/C29H42N8O2/c1-19(2)21(14-30)13-26(32)36-27-7-6-24-25(35-27)12-22(18-34-24)23(15-31)17-33-16-20-8-10-37(11-9-20)28(38)39-29(3,4)5/h6-7,12-15,17-20,31,33H,8-11,16,30,32H2,1-5H3,(H,35,36)/b21-14+,23-17+,26-13+,31-15?. The zero-order chi connectivity index (χ0) is 28.6. The topological polar surface area (TPSA) is 155 Å². The molecule has 1 saturated heterocycles. The van der Waals surface area contributed by atoms with Crippen LogP contribution in [-0.2, 0) is 4.74 Å². The van der Waals surface area contributed by atoms with E-state index in [1.807, 2.05) is 59.0 Å². The van der Waals surface area contributed by atoms with E-state index >= 15 is 0 Å². The van der Waals surface area contributed by atoms with Gasteiger partial charge < -0.3 is 37.1 Å². The molecule has 1 fully saturated rings. The quantitative estimate of drug-likeness (QED) is 0.231. The first-order valence-corrected chi connectivity index (χ1v) is 13.3. The summed E-state index contributed by atoms with van der Waals surface area (Å²) >= 11 is 0. The first kappa shape index (κ1) is 29.5. The molecule has 2 aromatic rings. The Kier molecular flexibility index (Phi) is 9.92. The van der Waals surface area contributed by atoms with Crippen molar-refractivity contribution in [2.24, 2.45) is 23.3 Å². The van der Waals surface area contributed by atoms with Crippen LogP contribution in [0.15, 0.2) is 54.3 Å². The molecular weight excluding hydrogens is 492 g/mol. The number of likely N-dealkylation sites (tertiary alicyclic amines) is 1. The van der Waals surface area contributed by atoms with E-state index < -0.39 is 5.60 Å². The van der Waals surface area contributed by atoms with Gasteiger partial charge >= 0.3 is 6.09 Å². The summed E-state index contributed by atoms with van der Waals surface area (Å²) in [6.45, 7) is 11.8. The molecule has 1 amide bonds. The number of piperidine rings is 1. The summed E-state index contributed by atoms with van der Waals surface area (Å²) in [5, 5.41) is 14.4. The van der Waals surface area contributed by atoms with Gasteiger partial charge in [-0.05, 0) is 81.5 Å². The van der Waals surface area contributed by atoms with Gasteiger partial charge in [-0.15, -0.1) is 0 Å². The third-order valence-corrected chi connectivity index (χ3v) is 6.41. The number of nitrogens with two attached hydrogens (primary N) is 2. The van der Waals surface area contributed by atoms with Crippen LogP contribution in [0.1, 0.15) is 53.0 Å². The summed E-state index contributed by atoms with van der Waals surface area (Å²) in [5.41, 5.74) is 15.2. The van der Waals surface area contributed by atoms with Crippen LogP contribution in [0.25, 0.3) is 16.6 Å². The second-order valence-electron chi connectivity index (χ2n) is 11.1.